The van der Waals surface area contributed by atoms with Crippen molar-refractivity contribution >= 4 is 12.7 Å². The van der Waals surface area contributed by atoms with Gasteiger partial charge in [-0.25, -0.2) is 9.37 Å². The van der Waals surface area contributed by atoms with Gasteiger partial charge in [-0.15, -0.1) is 0 Å². The summed E-state index contributed by atoms with van der Waals surface area (Å²) in [6, 6.07) is 5.49. The van der Waals surface area contributed by atoms with Crippen molar-refractivity contribution in [2.45, 2.75) is 38.9 Å². The number of benzene rings is 1. The van der Waals surface area contributed by atoms with Gasteiger partial charge in [0.2, 0.25) is 0 Å². The maximum Gasteiger partial charge on any atom is 0.516 e. The number of imidazole rings is 1. The molecule has 1 aliphatic rings. The minimum atomic E-state index is -0.735. The fourth-order valence-corrected chi connectivity index (χ4v) is 2.23. The third kappa shape index (κ3) is 2.44. The molecular formula is C15H17BF2N2O2. The predicted octanol–water partition coefficient (Wildman–Crippen LogP) is 2.45. The van der Waals surface area contributed by atoms with Gasteiger partial charge in [-0.1, -0.05) is 0 Å². The summed E-state index contributed by atoms with van der Waals surface area (Å²) in [6.07, 6.45) is 0.807. The second-order valence-electron chi connectivity index (χ2n) is 6.37. The molecule has 1 aromatic heterocycles. The van der Waals surface area contributed by atoms with Crippen LogP contribution in [0.2, 0.25) is 0 Å². The molecular weight excluding hydrogens is 289 g/mol. The topological polar surface area (TPSA) is 36.3 Å². The number of hydrogen-bond acceptors (Lipinski definition) is 3. The van der Waals surface area contributed by atoms with E-state index < -0.39 is 24.4 Å². The Balaban J connectivity index is 1.92. The SMILES string of the molecule is CC1(C)OB(c2cn(-c3ccc(F)cc3)c(F)n2)OC1(C)C. The molecule has 2 aromatic rings. The summed E-state index contributed by atoms with van der Waals surface area (Å²) >= 11 is 0. The smallest absolute Gasteiger partial charge is 0.398 e. The second-order valence-corrected chi connectivity index (χ2v) is 6.37. The monoisotopic (exact) mass is 306 g/mol. The Kier molecular flexibility index (Phi) is 3.38. The molecule has 3 rings (SSSR count). The zero-order chi connectivity index (χ0) is 16.1. The highest BCUT2D eigenvalue weighted by atomic mass is 19.1. The first-order valence-electron chi connectivity index (χ1n) is 7.06. The molecule has 0 spiro atoms. The first-order chi connectivity index (χ1) is 10.2. The van der Waals surface area contributed by atoms with Crippen molar-refractivity contribution < 1.29 is 18.1 Å². The molecule has 0 radical (unpaired) electrons. The van der Waals surface area contributed by atoms with E-state index in [0.29, 0.717) is 11.3 Å². The van der Waals surface area contributed by atoms with Gasteiger partial charge in [-0.3, -0.25) is 4.57 Å². The highest BCUT2D eigenvalue weighted by Gasteiger charge is 2.52. The standard InChI is InChI=1S/C15H17BF2N2O2/c1-14(2)15(3,4)22-16(21-14)12-9-20(13(18)19-12)11-7-5-10(17)6-8-11/h5-9H,1-4H3. The average molecular weight is 306 g/mol. The van der Waals surface area contributed by atoms with Gasteiger partial charge in [0.25, 0.3) is 6.08 Å². The predicted molar refractivity (Wildman–Crippen MR) is 79.2 cm³/mol. The Morgan fingerprint density at radius 1 is 1.00 bits per heavy atom. The third-order valence-electron chi connectivity index (χ3n) is 4.28. The normalized spacial score (nSPS) is 19.6. The molecule has 4 nitrogen and oxygen atoms in total. The zero-order valence-corrected chi connectivity index (χ0v) is 12.9. The van der Waals surface area contributed by atoms with Crippen LogP contribution < -0.4 is 5.59 Å². The number of nitrogens with zero attached hydrogens (tertiary/aromatic N) is 2. The van der Waals surface area contributed by atoms with Gasteiger partial charge in [0, 0.05) is 11.9 Å². The minimum absolute atomic E-state index is 0.348. The van der Waals surface area contributed by atoms with Gasteiger partial charge in [-0.05, 0) is 52.0 Å². The minimum Gasteiger partial charge on any atom is -0.398 e. The molecule has 0 aliphatic carbocycles. The van der Waals surface area contributed by atoms with Crippen molar-refractivity contribution in [2.75, 3.05) is 0 Å². The Morgan fingerprint density at radius 3 is 2.09 bits per heavy atom. The van der Waals surface area contributed by atoms with Crippen molar-refractivity contribution in [1.82, 2.24) is 9.55 Å². The van der Waals surface area contributed by atoms with Crippen molar-refractivity contribution in [3.05, 3.63) is 42.4 Å². The molecule has 1 aliphatic heterocycles. The first kappa shape index (κ1) is 15.2. The Hall–Kier alpha value is -1.73. The van der Waals surface area contributed by atoms with E-state index in [2.05, 4.69) is 4.98 Å². The van der Waals surface area contributed by atoms with Crippen LogP contribution in [0.25, 0.3) is 5.69 Å². The third-order valence-corrected chi connectivity index (χ3v) is 4.28. The van der Waals surface area contributed by atoms with Gasteiger partial charge in [0.1, 0.15) is 5.82 Å². The Bertz CT molecular complexity index is 682. The molecule has 2 heterocycles. The van der Waals surface area contributed by atoms with Crippen LogP contribution in [0, 0.1) is 11.9 Å². The largest absolute Gasteiger partial charge is 0.516 e. The Morgan fingerprint density at radius 2 is 1.55 bits per heavy atom. The summed E-state index contributed by atoms with van der Waals surface area (Å²) in [5.74, 6) is -0.379. The first-order valence-corrected chi connectivity index (χ1v) is 7.06. The maximum absolute atomic E-state index is 14.1. The number of rotatable bonds is 2. The second kappa shape index (κ2) is 4.89. The van der Waals surface area contributed by atoms with Crippen LogP contribution in [-0.2, 0) is 9.31 Å². The summed E-state index contributed by atoms with van der Waals surface area (Å²) in [5.41, 5.74) is -0.212. The highest BCUT2D eigenvalue weighted by Crippen LogP contribution is 2.36. The van der Waals surface area contributed by atoms with E-state index >= 15 is 0 Å². The summed E-state index contributed by atoms with van der Waals surface area (Å²) in [6.45, 7) is 7.67. The van der Waals surface area contributed by atoms with E-state index in [1.807, 2.05) is 27.7 Å². The van der Waals surface area contributed by atoms with Crippen molar-refractivity contribution in [3.8, 4) is 5.69 Å². The fraction of sp³-hybridized carbons (Fsp3) is 0.400. The van der Waals surface area contributed by atoms with E-state index in [1.165, 1.54) is 35.0 Å². The molecule has 22 heavy (non-hydrogen) atoms. The van der Waals surface area contributed by atoms with Crippen LogP contribution >= 0.6 is 0 Å². The summed E-state index contributed by atoms with van der Waals surface area (Å²) in [5, 5.41) is 0. The van der Waals surface area contributed by atoms with Crippen LogP contribution in [0.5, 0.6) is 0 Å². The highest BCUT2D eigenvalue weighted by molar-refractivity contribution is 6.61. The van der Waals surface area contributed by atoms with E-state index in [4.69, 9.17) is 9.31 Å². The Labute approximate surface area is 128 Å². The van der Waals surface area contributed by atoms with Crippen LogP contribution in [0.1, 0.15) is 27.7 Å². The lowest BCUT2D eigenvalue weighted by atomic mass is 9.86. The van der Waals surface area contributed by atoms with Crippen LogP contribution in [-0.4, -0.2) is 27.9 Å². The lowest BCUT2D eigenvalue weighted by Crippen LogP contribution is -2.41. The van der Waals surface area contributed by atoms with Crippen molar-refractivity contribution in [2.24, 2.45) is 0 Å². The van der Waals surface area contributed by atoms with E-state index in [1.54, 1.807) is 0 Å². The molecule has 0 N–H and O–H groups in total. The lowest BCUT2D eigenvalue weighted by molar-refractivity contribution is 0.00578. The fourth-order valence-electron chi connectivity index (χ4n) is 2.23. The molecule has 0 amide bonds. The van der Waals surface area contributed by atoms with Crippen molar-refractivity contribution in [3.63, 3.8) is 0 Å². The number of halogens is 2. The van der Waals surface area contributed by atoms with Crippen LogP contribution in [0.4, 0.5) is 8.78 Å². The molecule has 7 heteroatoms. The van der Waals surface area contributed by atoms with Gasteiger partial charge < -0.3 is 9.31 Å². The van der Waals surface area contributed by atoms with E-state index in [0.717, 1.165) is 0 Å². The molecule has 1 fully saturated rings. The van der Waals surface area contributed by atoms with Gasteiger partial charge in [-0.2, -0.15) is 4.39 Å². The van der Waals surface area contributed by atoms with Crippen molar-refractivity contribution in [1.29, 1.82) is 0 Å². The zero-order valence-electron chi connectivity index (χ0n) is 12.9. The molecule has 0 bridgehead atoms. The van der Waals surface area contributed by atoms with E-state index in [-0.39, 0.29) is 5.82 Å². The molecule has 116 valence electrons. The molecule has 0 unspecified atom stereocenters. The molecule has 1 saturated heterocycles. The maximum atomic E-state index is 14.1. The molecule has 0 saturated carbocycles. The van der Waals surface area contributed by atoms with Crippen LogP contribution in [0.15, 0.2) is 30.5 Å². The summed E-state index contributed by atoms with van der Waals surface area (Å²) in [7, 11) is -0.735. The molecule has 1 aromatic carbocycles. The number of hydrogen-bond donors (Lipinski definition) is 0. The number of aromatic nitrogens is 2. The lowest BCUT2D eigenvalue weighted by Gasteiger charge is -2.32. The van der Waals surface area contributed by atoms with Crippen LogP contribution in [0.3, 0.4) is 0 Å². The summed E-state index contributed by atoms with van der Waals surface area (Å²) < 4.78 is 40.0. The van der Waals surface area contributed by atoms with E-state index in [9.17, 15) is 8.78 Å². The van der Waals surface area contributed by atoms with Gasteiger partial charge in [0.05, 0.1) is 16.8 Å². The molecule has 0 atom stereocenters. The van der Waals surface area contributed by atoms with Gasteiger partial charge in [0.15, 0.2) is 0 Å². The van der Waals surface area contributed by atoms with Gasteiger partial charge >= 0.3 is 7.12 Å². The average Bonchev–Trinajstić information content (AvgIpc) is 2.89. The summed E-state index contributed by atoms with van der Waals surface area (Å²) in [4.78, 5) is 3.88. The quantitative estimate of drug-likeness (QED) is 0.800.